The highest BCUT2D eigenvalue weighted by molar-refractivity contribution is 7.86. The van der Waals surface area contributed by atoms with E-state index in [1.165, 1.54) is 12.1 Å². The van der Waals surface area contributed by atoms with Crippen molar-refractivity contribution in [1.82, 2.24) is 0 Å². The summed E-state index contributed by atoms with van der Waals surface area (Å²) in [6.07, 6.45) is -5.28. The summed E-state index contributed by atoms with van der Waals surface area (Å²) in [6.45, 7) is 0.937. The molecule has 0 aliphatic heterocycles. The van der Waals surface area contributed by atoms with Gasteiger partial charge in [-0.3, -0.25) is 4.18 Å². The molecule has 1 aromatic carbocycles. The first kappa shape index (κ1) is 16.7. The molecule has 0 aliphatic carbocycles. The molecule has 0 spiro atoms. The molecule has 8 heteroatoms. The van der Waals surface area contributed by atoms with Crippen LogP contribution < -0.4 is 0 Å². The minimum absolute atomic E-state index is 0.0509. The van der Waals surface area contributed by atoms with E-state index in [-0.39, 0.29) is 11.2 Å². The molecular weight excluding hydrogens is 288 g/mol. The Kier molecular flexibility index (Phi) is 5.78. The van der Waals surface area contributed by atoms with Crippen LogP contribution in [0.3, 0.4) is 0 Å². The highest BCUT2D eigenvalue weighted by Gasteiger charge is 2.31. The van der Waals surface area contributed by atoms with Crippen molar-refractivity contribution in [3.05, 3.63) is 29.8 Å². The fourth-order valence-corrected chi connectivity index (χ4v) is 2.43. The predicted molar refractivity (Wildman–Crippen MR) is 68.4 cm³/mol. The summed E-state index contributed by atoms with van der Waals surface area (Å²) in [5.41, 5.74) is 0.839. The SMILES string of the molecule is Cc1ccc(S(=O)(=O)OC(C=O)C(O)C(O)CO)cc1. The summed E-state index contributed by atoms with van der Waals surface area (Å²) >= 11 is 0. The van der Waals surface area contributed by atoms with Crippen molar-refractivity contribution < 1.29 is 32.7 Å². The van der Waals surface area contributed by atoms with E-state index in [2.05, 4.69) is 4.18 Å². The second kappa shape index (κ2) is 6.91. The third kappa shape index (κ3) is 4.09. The third-order valence-electron chi connectivity index (χ3n) is 2.60. The summed E-state index contributed by atoms with van der Waals surface area (Å²) in [5, 5.41) is 27.4. The summed E-state index contributed by atoms with van der Waals surface area (Å²) in [7, 11) is -4.26. The average molecular weight is 304 g/mol. The van der Waals surface area contributed by atoms with Crippen molar-refractivity contribution in [1.29, 1.82) is 0 Å². The van der Waals surface area contributed by atoms with Crippen LogP contribution in [0.5, 0.6) is 0 Å². The van der Waals surface area contributed by atoms with E-state index >= 15 is 0 Å². The standard InChI is InChI=1S/C12H16O7S/c1-8-2-4-9(5-3-8)20(17,18)19-11(7-14)12(16)10(15)6-13/h2-5,7,10-13,15-16H,6H2,1H3. The lowest BCUT2D eigenvalue weighted by atomic mass is 10.1. The Hall–Kier alpha value is -1.32. The second-order valence-corrected chi connectivity index (χ2v) is 5.78. The molecule has 112 valence electrons. The van der Waals surface area contributed by atoms with Gasteiger partial charge >= 0.3 is 0 Å². The zero-order valence-corrected chi connectivity index (χ0v) is 11.5. The number of aldehydes is 1. The quantitative estimate of drug-likeness (QED) is 0.435. The number of hydrogen-bond acceptors (Lipinski definition) is 7. The fraction of sp³-hybridized carbons (Fsp3) is 0.417. The van der Waals surface area contributed by atoms with E-state index in [4.69, 9.17) is 5.11 Å². The molecular formula is C12H16O7S. The number of aliphatic hydroxyl groups is 3. The van der Waals surface area contributed by atoms with E-state index in [0.717, 1.165) is 5.56 Å². The zero-order chi connectivity index (χ0) is 15.3. The zero-order valence-electron chi connectivity index (χ0n) is 10.7. The second-order valence-electron chi connectivity index (χ2n) is 4.20. The number of aryl methyl sites for hydroxylation is 1. The smallest absolute Gasteiger partial charge is 0.297 e. The van der Waals surface area contributed by atoms with E-state index in [1.807, 2.05) is 0 Å². The molecule has 3 N–H and O–H groups in total. The molecule has 1 rings (SSSR count). The molecule has 3 unspecified atom stereocenters. The Morgan fingerprint density at radius 1 is 1.25 bits per heavy atom. The molecule has 0 aromatic heterocycles. The molecule has 0 bridgehead atoms. The van der Waals surface area contributed by atoms with Gasteiger partial charge in [-0.25, -0.2) is 0 Å². The molecule has 0 saturated carbocycles. The Bertz CT molecular complexity index is 537. The van der Waals surface area contributed by atoms with Crippen LogP contribution in [-0.2, 0) is 19.1 Å². The first-order chi connectivity index (χ1) is 9.31. The molecule has 7 nitrogen and oxygen atoms in total. The maximum Gasteiger partial charge on any atom is 0.297 e. The minimum Gasteiger partial charge on any atom is -0.394 e. The van der Waals surface area contributed by atoms with Crippen LogP contribution >= 0.6 is 0 Å². The van der Waals surface area contributed by atoms with Crippen LogP contribution in [0.4, 0.5) is 0 Å². The third-order valence-corrected chi connectivity index (χ3v) is 3.92. The van der Waals surface area contributed by atoms with Crippen molar-refractivity contribution in [3.8, 4) is 0 Å². The molecule has 0 saturated heterocycles. The summed E-state index contributed by atoms with van der Waals surface area (Å²) in [4.78, 5) is 10.6. The van der Waals surface area contributed by atoms with Crippen LogP contribution in [0.1, 0.15) is 5.56 Å². The fourth-order valence-electron chi connectivity index (χ4n) is 1.39. The Morgan fingerprint density at radius 3 is 2.25 bits per heavy atom. The van der Waals surface area contributed by atoms with Gasteiger partial charge in [0.25, 0.3) is 10.1 Å². The van der Waals surface area contributed by atoms with Gasteiger partial charge in [-0.05, 0) is 19.1 Å². The number of carbonyl (C=O) groups is 1. The summed E-state index contributed by atoms with van der Waals surface area (Å²) < 4.78 is 28.4. The lowest BCUT2D eigenvalue weighted by molar-refractivity contribution is -0.124. The Labute approximate surface area is 116 Å². The van der Waals surface area contributed by atoms with Crippen LogP contribution in [-0.4, -0.2) is 54.9 Å². The first-order valence-electron chi connectivity index (χ1n) is 5.74. The van der Waals surface area contributed by atoms with E-state index in [9.17, 15) is 23.4 Å². The number of benzene rings is 1. The average Bonchev–Trinajstić information content (AvgIpc) is 2.43. The number of aliphatic hydroxyl groups excluding tert-OH is 3. The van der Waals surface area contributed by atoms with E-state index in [0.29, 0.717) is 0 Å². The number of carbonyl (C=O) groups excluding carboxylic acids is 1. The molecule has 0 fully saturated rings. The highest BCUT2D eigenvalue weighted by Crippen LogP contribution is 2.16. The van der Waals surface area contributed by atoms with E-state index in [1.54, 1.807) is 19.1 Å². The maximum atomic E-state index is 11.9. The van der Waals surface area contributed by atoms with Gasteiger partial charge < -0.3 is 20.1 Å². The van der Waals surface area contributed by atoms with Gasteiger partial charge in [-0.15, -0.1) is 0 Å². The van der Waals surface area contributed by atoms with Crippen molar-refractivity contribution in [2.75, 3.05) is 6.61 Å². The van der Waals surface area contributed by atoms with Gasteiger partial charge in [-0.2, -0.15) is 8.42 Å². The highest BCUT2D eigenvalue weighted by atomic mass is 32.2. The molecule has 20 heavy (non-hydrogen) atoms. The molecule has 0 radical (unpaired) electrons. The van der Waals surface area contributed by atoms with Gasteiger partial charge in [0.15, 0.2) is 12.4 Å². The monoisotopic (exact) mass is 304 g/mol. The molecule has 0 amide bonds. The lowest BCUT2D eigenvalue weighted by Gasteiger charge is -2.21. The Balaban J connectivity index is 2.93. The van der Waals surface area contributed by atoms with Gasteiger partial charge in [0, 0.05) is 0 Å². The van der Waals surface area contributed by atoms with E-state index < -0.39 is 35.0 Å². The van der Waals surface area contributed by atoms with Gasteiger partial charge in [0.05, 0.1) is 11.5 Å². The summed E-state index contributed by atoms with van der Waals surface area (Å²) in [6, 6.07) is 5.68. The van der Waals surface area contributed by atoms with Crippen LogP contribution in [0, 0.1) is 6.92 Å². The molecule has 0 heterocycles. The predicted octanol–water partition coefficient (Wildman–Crippen LogP) is -1.02. The van der Waals surface area contributed by atoms with Gasteiger partial charge in [-0.1, -0.05) is 17.7 Å². The molecule has 3 atom stereocenters. The minimum atomic E-state index is -4.26. The molecule has 1 aromatic rings. The van der Waals surface area contributed by atoms with Gasteiger partial charge in [0.1, 0.15) is 12.2 Å². The summed E-state index contributed by atoms with van der Waals surface area (Å²) in [5.74, 6) is 0. The van der Waals surface area contributed by atoms with Crippen LogP contribution in [0.2, 0.25) is 0 Å². The largest absolute Gasteiger partial charge is 0.394 e. The number of rotatable bonds is 7. The molecule has 0 aliphatic rings. The van der Waals surface area contributed by atoms with Crippen molar-refractivity contribution >= 4 is 16.4 Å². The first-order valence-corrected chi connectivity index (χ1v) is 7.15. The van der Waals surface area contributed by atoms with Crippen molar-refractivity contribution in [2.24, 2.45) is 0 Å². The maximum absolute atomic E-state index is 11.9. The van der Waals surface area contributed by atoms with Crippen LogP contribution in [0.15, 0.2) is 29.2 Å². The number of hydrogen-bond donors (Lipinski definition) is 3. The Morgan fingerprint density at radius 2 is 1.80 bits per heavy atom. The topological polar surface area (TPSA) is 121 Å². The lowest BCUT2D eigenvalue weighted by Crippen LogP contribution is -2.42. The van der Waals surface area contributed by atoms with Crippen molar-refractivity contribution in [3.63, 3.8) is 0 Å². The van der Waals surface area contributed by atoms with Gasteiger partial charge in [0.2, 0.25) is 0 Å². The van der Waals surface area contributed by atoms with Crippen molar-refractivity contribution in [2.45, 2.75) is 30.1 Å². The van der Waals surface area contributed by atoms with Crippen LogP contribution in [0.25, 0.3) is 0 Å². The normalized spacial score (nSPS) is 16.4.